The van der Waals surface area contributed by atoms with Crippen molar-refractivity contribution in [2.24, 2.45) is 11.8 Å². The molecule has 8 heteroatoms. The molecular formula is C19H20F3N3OS. The quantitative estimate of drug-likeness (QED) is 0.769. The van der Waals surface area contributed by atoms with Crippen molar-refractivity contribution < 1.29 is 18.0 Å². The first-order valence-electron chi connectivity index (χ1n) is 9.16. The predicted octanol–water partition coefficient (Wildman–Crippen LogP) is 4.11. The normalized spacial score (nSPS) is 21.1. The SMILES string of the molecule is O=C(C1CCc2sc(-c3ccncc3)nc2C1)N1CCC(C(F)(F)F)CC1. The van der Waals surface area contributed by atoms with E-state index in [1.54, 1.807) is 28.6 Å². The van der Waals surface area contributed by atoms with Crippen molar-refractivity contribution in [1.82, 2.24) is 14.9 Å². The number of pyridine rings is 1. The monoisotopic (exact) mass is 395 g/mol. The van der Waals surface area contributed by atoms with Gasteiger partial charge < -0.3 is 4.90 Å². The molecule has 1 atom stereocenters. The summed E-state index contributed by atoms with van der Waals surface area (Å²) in [6.07, 6.45) is 1.44. The number of piperidine rings is 1. The summed E-state index contributed by atoms with van der Waals surface area (Å²) in [5, 5.41) is 0.932. The number of hydrogen-bond acceptors (Lipinski definition) is 4. The van der Waals surface area contributed by atoms with Crippen LogP contribution < -0.4 is 0 Å². The van der Waals surface area contributed by atoms with Crippen molar-refractivity contribution in [3.63, 3.8) is 0 Å². The van der Waals surface area contributed by atoms with Gasteiger partial charge in [0.1, 0.15) is 5.01 Å². The van der Waals surface area contributed by atoms with Crippen LogP contribution in [0.25, 0.3) is 10.6 Å². The minimum atomic E-state index is -4.15. The number of thiazole rings is 1. The van der Waals surface area contributed by atoms with Gasteiger partial charge in [0.25, 0.3) is 0 Å². The van der Waals surface area contributed by atoms with E-state index >= 15 is 0 Å². The van der Waals surface area contributed by atoms with Gasteiger partial charge in [0.15, 0.2) is 0 Å². The lowest BCUT2D eigenvalue weighted by Crippen LogP contribution is -2.45. The first-order valence-corrected chi connectivity index (χ1v) is 9.98. The largest absolute Gasteiger partial charge is 0.391 e. The second kappa shape index (κ2) is 7.22. The van der Waals surface area contributed by atoms with Crippen molar-refractivity contribution in [2.45, 2.75) is 38.3 Å². The maximum Gasteiger partial charge on any atom is 0.391 e. The number of nitrogens with zero attached hydrogens (tertiary/aromatic N) is 3. The Morgan fingerprint density at radius 2 is 1.85 bits per heavy atom. The molecule has 2 aliphatic rings. The highest BCUT2D eigenvalue weighted by atomic mass is 32.1. The van der Waals surface area contributed by atoms with Crippen LogP contribution in [-0.4, -0.2) is 40.0 Å². The molecule has 1 unspecified atom stereocenters. The second-order valence-corrected chi connectivity index (χ2v) is 8.29. The molecule has 2 aromatic rings. The Labute approximate surface area is 159 Å². The number of aryl methyl sites for hydroxylation is 1. The van der Waals surface area contributed by atoms with Gasteiger partial charge in [-0.3, -0.25) is 9.78 Å². The molecule has 0 saturated carbocycles. The Bertz CT molecular complexity index is 813. The number of carbonyl (C=O) groups is 1. The lowest BCUT2D eigenvalue weighted by molar-refractivity contribution is -0.187. The van der Waals surface area contributed by atoms with Crippen LogP contribution >= 0.6 is 11.3 Å². The third kappa shape index (κ3) is 3.85. The second-order valence-electron chi connectivity index (χ2n) is 7.21. The Morgan fingerprint density at radius 1 is 1.15 bits per heavy atom. The van der Waals surface area contributed by atoms with Crippen LogP contribution in [0.3, 0.4) is 0 Å². The first kappa shape index (κ1) is 18.4. The summed E-state index contributed by atoms with van der Waals surface area (Å²) in [5.74, 6) is -1.46. The van der Waals surface area contributed by atoms with Crippen molar-refractivity contribution >= 4 is 17.2 Å². The van der Waals surface area contributed by atoms with Crippen LogP contribution in [0.2, 0.25) is 0 Å². The minimum Gasteiger partial charge on any atom is -0.342 e. The van der Waals surface area contributed by atoms with Crippen molar-refractivity contribution in [1.29, 1.82) is 0 Å². The number of fused-ring (bicyclic) bond motifs is 1. The average Bonchev–Trinajstić information content (AvgIpc) is 3.11. The van der Waals surface area contributed by atoms with Crippen LogP contribution in [0.4, 0.5) is 13.2 Å². The van der Waals surface area contributed by atoms with Crippen molar-refractivity contribution in [3.05, 3.63) is 35.1 Å². The summed E-state index contributed by atoms with van der Waals surface area (Å²) in [6, 6.07) is 3.83. The number of carbonyl (C=O) groups excluding carboxylic acids is 1. The van der Waals surface area contributed by atoms with E-state index in [2.05, 4.69) is 4.98 Å². The molecule has 4 nitrogen and oxygen atoms in total. The molecule has 1 amide bonds. The Morgan fingerprint density at radius 3 is 2.52 bits per heavy atom. The molecule has 1 aliphatic carbocycles. The smallest absolute Gasteiger partial charge is 0.342 e. The highest BCUT2D eigenvalue weighted by molar-refractivity contribution is 7.15. The molecular weight excluding hydrogens is 375 g/mol. The average molecular weight is 395 g/mol. The van der Waals surface area contributed by atoms with E-state index in [9.17, 15) is 18.0 Å². The third-order valence-corrected chi connectivity index (χ3v) is 6.69. The zero-order chi connectivity index (χ0) is 19.0. The molecule has 1 saturated heterocycles. The molecule has 2 aromatic heterocycles. The third-order valence-electron chi connectivity index (χ3n) is 5.48. The molecule has 1 aliphatic heterocycles. The van der Waals surface area contributed by atoms with Gasteiger partial charge in [-0.05, 0) is 37.8 Å². The van der Waals surface area contributed by atoms with E-state index in [1.165, 1.54) is 4.88 Å². The van der Waals surface area contributed by atoms with Crippen LogP contribution in [0.15, 0.2) is 24.5 Å². The standard InChI is InChI=1S/C19H20F3N3OS/c20-19(21,22)14-5-9-25(10-6-14)18(26)13-1-2-16-15(11-13)24-17(27-16)12-3-7-23-8-4-12/h3-4,7-8,13-14H,1-2,5-6,9-11H2. The Hall–Kier alpha value is -1.96. The molecule has 0 bridgehead atoms. The maximum absolute atomic E-state index is 12.8. The topological polar surface area (TPSA) is 46.1 Å². The van der Waals surface area contributed by atoms with Gasteiger partial charge in [0.05, 0.1) is 11.6 Å². The van der Waals surface area contributed by atoms with Crippen molar-refractivity contribution in [2.75, 3.05) is 13.1 Å². The fourth-order valence-electron chi connectivity index (χ4n) is 3.89. The number of alkyl halides is 3. The fourth-order valence-corrected chi connectivity index (χ4v) is 5.00. The molecule has 144 valence electrons. The van der Waals surface area contributed by atoms with Gasteiger partial charge in [-0.25, -0.2) is 4.98 Å². The number of hydrogen-bond donors (Lipinski definition) is 0. The summed E-state index contributed by atoms with van der Waals surface area (Å²) >= 11 is 1.65. The molecule has 0 radical (unpaired) electrons. The van der Waals surface area contributed by atoms with Gasteiger partial charge in [-0.2, -0.15) is 13.2 Å². The molecule has 0 N–H and O–H groups in total. The van der Waals surface area contributed by atoms with Crippen LogP contribution in [-0.2, 0) is 17.6 Å². The fraction of sp³-hybridized carbons (Fsp3) is 0.526. The highest BCUT2D eigenvalue weighted by Gasteiger charge is 2.42. The number of aromatic nitrogens is 2. The summed E-state index contributed by atoms with van der Waals surface area (Å²) < 4.78 is 38.5. The zero-order valence-corrected chi connectivity index (χ0v) is 15.5. The summed E-state index contributed by atoms with van der Waals surface area (Å²) in [5.41, 5.74) is 1.98. The van der Waals surface area contributed by atoms with Gasteiger partial charge in [-0.1, -0.05) is 0 Å². The van der Waals surface area contributed by atoms with Gasteiger partial charge >= 0.3 is 6.18 Å². The molecule has 0 spiro atoms. The van der Waals surface area contributed by atoms with E-state index in [0.29, 0.717) is 6.42 Å². The van der Waals surface area contributed by atoms with E-state index in [4.69, 9.17) is 4.98 Å². The Kier molecular flexibility index (Phi) is 4.92. The zero-order valence-electron chi connectivity index (χ0n) is 14.7. The Balaban J connectivity index is 1.41. The van der Waals surface area contributed by atoms with Gasteiger partial charge in [-0.15, -0.1) is 11.3 Å². The number of amides is 1. The van der Waals surface area contributed by atoms with Gasteiger partial charge in [0, 0.05) is 48.3 Å². The number of halogens is 3. The molecule has 1 fully saturated rings. The van der Waals surface area contributed by atoms with Crippen LogP contribution in [0, 0.1) is 11.8 Å². The maximum atomic E-state index is 12.8. The van der Waals surface area contributed by atoms with E-state index < -0.39 is 12.1 Å². The summed E-state index contributed by atoms with van der Waals surface area (Å²) in [4.78, 5) is 24.4. The lowest BCUT2D eigenvalue weighted by Gasteiger charge is -2.35. The van der Waals surface area contributed by atoms with Crippen LogP contribution in [0.1, 0.15) is 29.8 Å². The summed E-state index contributed by atoms with van der Waals surface area (Å²) in [6.45, 7) is 0.400. The van der Waals surface area contributed by atoms with E-state index in [-0.39, 0.29) is 37.8 Å². The lowest BCUT2D eigenvalue weighted by atomic mass is 9.88. The highest BCUT2D eigenvalue weighted by Crippen LogP contribution is 2.37. The van der Waals surface area contributed by atoms with Crippen LogP contribution in [0.5, 0.6) is 0 Å². The first-order chi connectivity index (χ1) is 12.9. The predicted molar refractivity (Wildman–Crippen MR) is 96.2 cm³/mol. The number of rotatable bonds is 2. The number of likely N-dealkylation sites (tertiary alicyclic amines) is 1. The molecule has 27 heavy (non-hydrogen) atoms. The molecule has 3 heterocycles. The molecule has 4 rings (SSSR count). The molecule has 0 aromatic carbocycles. The minimum absolute atomic E-state index is 0.0100. The van der Waals surface area contributed by atoms with Crippen molar-refractivity contribution in [3.8, 4) is 10.6 Å². The van der Waals surface area contributed by atoms with Gasteiger partial charge in [0.2, 0.25) is 5.91 Å². The van der Waals surface area contributed by atoms with E-state index in [1.807, 2.05) is 12.1 Å². The van der Waals surface area contributed by atoms with E-state index in [0.717, 1.165) is 29.1 Å². The summed E-state index contributed by atoms with van der Waals surface area (Å²) in [7, 11) is 0.